The standard InChI is InChI=1S/C17H21N3O3/c1-11-6-7-14(22-2)13(8-11)19-16(21)10-23-15-5-3-4-12-9-18-20-17(12)15/h6-9,15H,3-5,10H2,1-2H3,(H,18,20)(H,19,21)/t15-/m0/s1. The van der Waals surface area contributed by atoms with Crippen molar-refractivity contribution in [3.8, 4) is 5.75 Å². The van der Waals surface area contributed by atoms with Crippen LogP contribution in [-0.2, 0) is 16.0 Å². The summed E-state index contributed by atoms with van der Waals surface area (Å²) in [6.45, 7) is 1.97. The average Bonchev–Trinajstić information content (AvgIpc) is 3.02. The highest BCUT2D eigenvalue weighted by atomic mass is 16.5. The number of rotatable bonds is 5. The molecule has 2 aromatic rings. The van der Waals surface area contributed by atoms with Gasteiger partial charge in [-0.2, -0.15) is 5.10 Å². The van der Waals surface area contributed by atoms with Gasteiger partial charge in [0.05, 0.1) is 30.8 Å². The smallest absolute Gasteiger partial charge is 0.250 e. The van der Waals surface area contributed by atoms with Crippen LogP contribution < -0.4 is 10.1 Å². The molecule has 1 aliphatic carbocycles. The summed E-state index contributed by atoms with van der Waals surface area (Å²) in [6.07, 6.45) is 4.70. The molecule has 6 nitrogen and oxygen atoms in total. The first kappa shape index (κ1) is 15.6. The van der Waals surface area contributed by atoms with Crippen molar-refractivity contribution in [2.75, 3.05) is 19.0 Å². The summed E-state index contributed by atoms with van der Waals surface area (Å²) >= 11 is 0. The van der Waals surface area contributed by atoms with E-state index < -0.39 is 0 Å². The Bertz CT molecular complexity index is 696. The van der Waals surface area contributed by atoms with E-state index in [1.807, 2.05) is 31.3 Å². The van der Waals surface area contributed by atoms with Crippen molar-refractivity contribution >= 4 is 11.6 Å². The van der Waals surface area contributed by atoms with E-state index in [0.29, 0.717) is 11.4 Å². The summed E-state index contributed by atoms with van der Waals surface area (Å²) in [5.41, 5.74) is 3.89. The van der Waals surface area contributed by atoms with Crippen LogP contribution in [0.3, 0.4) is 0 Å². The molecule has 2 N–H and O–H groups in total. The highest BCUT2D eigenvalue weighted by Gasteiger charge is 2.23. The normalized spacial score (nSPS) is 16.7. The lowest BCUT2D eigenvalue weighted by molar-refractivity contribution is -0.123. The van der Waals surface area contributed by atoms with Gasteiger partial charge in [0, 0.05) is 0 Å². The predicted octanol–water partition coefficient (Wildman–Crippen LogP) is 2.76. The third kappa shape index (κ3) is 3.53. The van der Waals surface area contributed by atoms with Crippen molar-refractivity contribution in [1.82, 2.24) is 10.2 Å². The topological polar surface area (TPSA) is 76.2 Å². The SMILES string of the molecule is COc1ccc(C)cc1NC(=O)CO[C@H]1CCCc2cn[nH]c21. The van der Waals surface area contributed by atoms with E-state index in [-0.39, 0.29) is 18.6 Å². The zero-order valence-electron chi connectivity index (χ0n) is 13.4. The minimum atomic E-state index is -0.194. The van der Waals surface area contributed by atoms with Crippen molar-refractivity contribution in [1.29, 1.82) is 0 Å². The molecule has 1 aromatic carbocycles. The second-order valence-corrected chi connectivity index (χ2v) is 5.75. The quantitative estimate of drug-likeness (QED) is 0.889. The second kappa shape index (κ2) is 6.83. The molecule has 0 unspecified atom stereocenters. The molecule has 1 amide bonds. The minimum Gasteiger partial charge on any atom is -0.495 e. The number of nitrogens with zero attached hydrogens (tertiary/aromatic N) is 1. The van der Waals surface area contributed by atoms with E-state index in [1.165, 1.54) is 5.56 Å². The van der Waals surface area contributed by atoms with E-state index in [2.05, 4.69) is 15.5 Å². The number of carbonyl (C=O) groups excluding carboxylic acids is 1. The third-order valence-electron chi connectivity index (χ3n) is 4.03. The van der Waals surface area contributed by atoms with Crippen LogP contribution in [0.15, 0.2) is 24.4 Å². The fourth-order valence-corrected chi connectivity index (χ4v) is 2.87. The molecule has 122 valence electrons. The minimum absolute atomic E-state index is 0.000221. The van der Waals surface area contributed by atoms with Crippen LogP contribution in [0.25, 0.3) is 0 Å². The molecule has 0 saturated carbocycles. The Morgan fingerprint density at radius 3 is 3.17 bits per heavy atom. The number of aromatic amines is 1. The van der Waals surface area contributed by atoms with Crippen LogP contribution in [0.4, 0.5) is 5.69 Å². The van der Waals surface area contributed by atoms with E-state index in [9.17, 15) is 4.79 Å². The Morgan fingerprint density at radius 1 is 1.48 bits per heavy atom. The Balaban J connectivity index is 1.60. The van der Waals surface area contributed by atoms with Crippen molar-refractivity contribution in [2.45, 2.75) is 32.3 Å². The van der Waals surface area contributed by atoms with Gasteiger partial charge in [-0.25, -0.2) is 0 Å². The third-order valence-corrected chi connectivity index (χ3v) is 4.03. The number of ether oxygens (including phenoxy) is 2. The fraction of sp³-hybridized carbons (Fsp3) is 0.412. The lowest BCUT2D eigenvalue weighted by Crippen LogP contribution is -2.22. The van der Waals surface area contributed by atoms with Gasteiger partial charge in [0.25, 0.3) is 5.91 Å². The zero-order valence-corrected chi connectivity index (χ0v) is 13.4. The van der Waals surface area contributed by atoms with E-state index in [0.717, 1.165) is 30.5 Å². The first-order chi connectivity index (χ1) is 11.2. The summed E-state index contributed by atoms with van der Waals surface area (Å²) in [4.78, 5) is 12.2. The van der Waals surface area contributed by atoms with Gasteiger partial charge >= 0.3 is 0 Å². The summed E-state index contributed by atoms with van der Waals surface area (Å²) < 4.78 is 11.0. The first-order valence-electron chi connectivity index (χ1n) is 7.75. The molecule has 0 aliphatic heterocycles. The molecule has 0 radical (unpaired) electrons. The van der Waals surface area contributed by atoms with Crippen LogP contribution >= 0.6 is 0 Å². The molecular formula is C17H21N3O3. The average molecular weight is 315 g/mol. The maximum atomic E-state index is 12.2. The fourth-order valence-electron chi connectivity index (χ4n) is 2.87. The number of carbonyl (C=O) groups is 1. The highest BCUT2D eigenvalue weighted by molar-refractivity contribution is 5.93. The van der Waals surface area contributed by atoms with Crippen LogP contribution in [0.5, 0.6) is 5.75 Å². The molecule has 6 heteroatoms. The van der Waals surface area contributed by atoms with Gasteiger partial charge in [0.1, 0.15) is 12.4 Å². The van der Waals surface area contributed by atoms with E-state index in [1.54, 1.807) is 7.11 Å². The summed E-state index contributed by atoms with van der Waals surface area (Å²) in [5.74, 6) is 0.443. The Morgan fingerprint density at radius 2 is 2.35 bits per heavy atom. The lowest BCUT2D eigenvalue weighted by atomic mass is 9.96. The predicted molar refractivity (Wildman–Crippen MR) is 86.6 cm³/mol. The number of methoxy groups -OCH3 is 1. The molecule has 0 spiro atoms. The summed E-state index contributed by atoms with van der Waals surface area (Å²) in [5, 5.41) is 9.88. The monoisotopic (exact) mass is 315 g/mol. The van der Waals surface area contributed by atoms with Gasteiger partial charge in [-0.1, -0.05) is 6.07 Å². The van der Waals surface area contributed by atoms with Crippen molar-refractivity contribution < 1.29 is 14.3 Å². The molecular weight excluding hydrogens is 294 g/mol. The number of aromatic nitrogens is 2. The molecule has 1 aliphatic rings. The molecule has 3 rings (SSSR count). The number of aryl methyl sites for hydroxylation is 2. The van der Waals surface area contributed by atoms with Crippen LogP contribution in [0.1, 0.15) is 35.8 Å². The van der Waals surface area contributed by atoms with Gasteiger partial charge in [-0.05, 0) is 49.4 Å². The zero-order chi connectivity index (χ0) is 16.2. The Labute approximate surface area is 135 Å². The number of hydrogen-bond acceptors (Lipinski definition) is 4. The maximum absolute atomic E-state index is 12.2. The number of amides is 1. The van der Waals surface area contributed by atoms with Crippen molar-refractivity contribution in [2.24, 2.45) is 0 Å². The van der Waals surface area contributed by atoms with Gasteiger partial charge < -0.3 is 14.8 Å². The number of benzene rings is 1. The highest BCUT2D eigenvalue weighted by Crippen LogP contribution is 2.30. The van der Waals surface area contributed by atoms with Gasteiger partial charge in [0.2, 0.25) is 0 Å². The molecule has 0 bridgehead atoms. The number of H-pyrrole nitrogens is 1. The molecule has 1 heterocycles. The van der Waals surface area contributed by atoms with E-state index in [4.69, 9.17) is 9.47 Å². The molecule has 0 fully saturated rings. The van der Waals surface area contributed by atoms with E-state index >= 15 is 0 Å². The lowest BCUT2D eigenvalue weighted by Gasteiger charge is -2.22. The molecule has 1 aromatic heterocycles. The van der Waals surface area contributed by atoms with Gasteiger partial charge in [-0.15, -0.1) is 0 Å². The van der Waals surface area contributed by atoms with Gasteiger partial charge in [-0.3, -0.25) is 9.89 Å². The molecule has 1 atom stereocenters. The van der Waals surface area contributed by atoms with Gasteiger partial charge in [0.15, 0.2) is 0 Å². The summed E-state index contributed by atoms with van der Waals surface area (Å²) in [6, 6.07) is 5.65. The van der Waals surface area contributed by atoms with Crippen LogP contribution in [-0.4, -0.2) is 29.8 Å². The molecule has 0 saturated heterocycles. The second-order valence-electron chi connectivity index (χ2n) is 5.75. The summed E-state index contributed by atoms with van der Waals surface area (Å²) in [7, 11) is 1.58. The first-order valence-corrected chi connectivity index (χ1v) is 7.75. The van der Waals surface area contributed by atoms with Crippen LogP contribution in [0, 0.1) is 6.92 Å². The number of anilines is 1. The Kier molecular flexibility index (Phi) is 4.62. The van der Waals surface area contributed by atoms with Crippen molar-refractivity contribution in [3.05, 3.63) is 41.2 Å². The maximum Gasteiger partial charge on any atom is 0.250 e. The van der Waals surface area contributed by atoms with Crippen LogP contribution in [0.2, 0.25) is 0 Å². The molecule has 23 heavy (non-hydrogen) atoms. The number of nitrogens with one attached hydrogen (secondary N) is 2. The number of hydrogen-bond donors (Lipinski definition) is 2. The Hall–Kier alpha value is -2.34. The van der Waals surface area contributed by atoms with Crippen molar-refractivity contribution in [3.63, 3.8) is 0 Å². The number of fused-ring (bicyclic) bond motifs is 1. The largest absolute Gasteiger partial charge is 0.495 e.